The molecule has 0 aliphatic rings. The van der Waals surface area contributed by atoms with Crippen LogP contribution in [-0.2, 0) is 0 Å². The molecule has 14 heavy (non-hydrogen) atoms. The fourth-order valence-corrected chi connectivity index (χ4v) is 1.06. The Kier molecular flexibility index (Phi) is 3.03. The summed E-state index contributed by atoms with van der Waals surface area (Å²) in [5.41, 5.74) is 5.32. The normalized spacial score (nSPS) is 14.0. The molecular formula is C9H11F2NO2. The van der Waals surface area contributed by atoms with E-state index in [1.165, 1.54) is 18.2 Å². The lowest BCUT2D eigenvalue weighted by atomic mass is 10.0. The van der Waals surface area contributed by atoms with Gasteiger partial charge in [0.1, 0.15) is 12.4 Å². The lowest BCUT2D eigenvalue weighted by Crippen LogP contribution is -2.36. The van der Waals surface area contributed by atoms with E-state index >= 15 is 0 Å². The number of hydrogen-bond acceptors (Lipinski definition) is 3. The van der Waals surface area contributed by atoms with Crippen molar-refractivity contribution in [2.24, 2.45) is 5.73 Å². The Bertz CT molecular complexity index is 317. The third-order valence-electron chi connectivity index (χ3n) is 1.90. The average molecular weight is 203 g/mol. The molecule has 1 aromatic rings. The zero-order valence-corrected chi connectivity index (χ0v) is 7.32. The lowest BCUT2D eigenvalue weighted by Gasteiger charge is -2.21. The van der Waals surface area contributed by atoms with Crippen LogP contribution >= 0.6 is 0 Å². The van der Waals surface area contributed by atoms with Gasteiger partial charge in [-0.15, -0.1) is 0 Å². The van der Waals surface area contributed by atoms with Crippen molar-refractivity contribution in [3.05, 3.63) is 29.8 Å². The number of nitrogens with two attached hydrogens (primary N) is 1. The SMILES string of the molecule is N[C@H](c1cccc(O)c1)C(F)(F)CO. The number of halogens is 2. The summed E-state index contributed by atoms with van der Waals surface area (Å²) in [7, 11) is 0. The minimum absolute atomic E-state index is 0.0871. The third-order valence-corrected chi connectivity index (χ3v) is 1.90. The highest BCUT2D eigenvalue weighted by Crippen LogP contribution is 2.29. The number of aliphatic hydroxyl groups is 1. The van der Waals surface area contributed by atoms with Crippen LogP contribution in [0.4, 0.5) is 8.78 Å². The van der Waals surface area contributed by atoms with Gasteiger partial charge in [-0.25, -0.2) is 8.78 Å². The molecule has 0 aliphatic carbocycles. The van der Waals surface area contributed by atoms with Crippen molar-refractivity contribution < 1.29 is 19.0 Å². The molecule has 1 aromatic carbocycles. The largest absolute Gasteiger partial charge is 0.508 e. The fraction of sp³-hybridized carbons (Fsp3) is 0.333. The maximum absolute atomic E-state index is 12.9. The molecule has 0 bridgehead atoms. The predicted octanol–water partition coefficient (Wildman–Crippen LogP) is 1.02. The van der Waals surface area contributed by atoms with Crippen LogP contribution in [0.15, 0.2) is 24.3 Å². The molecule has 0 heterocycles. The molecule has 0 fully saturated rings. The van der Waals surface area contributed by atoms with E-state index in [0.29, 0.717) is 0 Å². The second-order valence-electron chi connectivity index (χ2n) is 2.99. The summed E-state index contributed by atoms with van der Waals surface area (Å²) in [5, 5.41) is 17.4. The van der Waals surface area contributed by atoms with Gasteiger partial charge in [-0.2, -0.15) is 0 Å². The first-order chi connectivity index (χ1) is 6.47. The predicted molar refractivity (Wildman–Crippen MR) is 47.1 cm³/mol. The molecule has 4 N–H and O–H groups in total. The van der Waals surface area contributed by atoms with Gasteiger partial charge in [0, 0.05) is 0 Å². The Balaban J connectivity index is 2.94. The number of benzene rings is 1. The molecule has 0 amide bonds. The number of aromatic hydroxyl groups is 1. The Hall–Kier alpha value is -1.20. The van der Waals surface area contributed by atoms with Crippen molar-refractivity contribution in [2.75, 3.05) is 6.61 Å². The average Bonchev–Trinajstić information content (AvgIpc) is 2.16. The third kappa shape index (κ3) is 2.18. The lowest BCUT2D eigenvalue weighted by molar-refractivity contribution is -0.0712. The first-order valence-corrected chi connectivity index (χ1v) is 4.00. The molecule has 0 aromatic heterocycles. The first-order valence-electron chi connectivity index (χ1n) is 4.00. The van der Waals surface area contributed by atoms with Gasteiger partial charge >= 0.3 is 0 Å². The van der Waals surface area contributed by atoms with Crippen molar-refractivity contribution in [3.8, 4) is 5.75 Å². The summed E-state index contributed by atoms with van der Waals surface area (Å²) < 4.78 is 25.8. The summed E-state index contributed by atoms with van der Waals surface area (Å²) in [4.78, 5) is 0. The molecule has 0 saturated carbocycles. The Morgan fingerprint density at radius 1 is 1.43 bits per heavy atom. The molecule has 0 saturated heterocycles. The van der Waals surface area contributed by atoms with Crippen LogP contribution in [0.1, 0.15) is 11.6 Å². The van der Waals surface area contributed by atoms with Gasteiger partial charge in [-0.1, -0.05) is 12.1 Å². The molecule has 5 heteroatoms. The number of phenolic OH excluding ortho intramolecular Hbond substituents is 1. The quantitative estimate of drug-likeness (QED) is 0.687. The maximum atomic E-state index is 12.9. The summed E-state index contributed by atoms with van der Waals surface area (Å²) in [6, 6.07) is 3.67. The summed E-state index contributed by atoms with van der Waals surface area (Å²) in [6.45, 7) is -1.32. The van der Waals surface area contributed by atoms with Crippen LogP contribution in [0.25, 0.3) is 0 Å². The van der Waals surface area contributed by atoms with Crippen LogP contribution < -0.4 is 5.73 Å². The van der Waals surface area contributed by atoms with Gasteiger partial charge in [-0.3, -0.25) is 0 Å². The highest BCUT2D eigenvalue weighted by atomic mass is 19.3. The second-order valence-corrected chi connectivity index (χ2v) is 2.99. The van der Waals surface area contributed by atoms with E-state index in [1.54, 1.807) is 0 Å². The minimum atomic E-state index is -3.38. The highest BCUT2D eigenvalue weighted by Gasteiger charge is 2.37. The van der Waals surface area contributed by atoms with E-state index in [9.17, 15) is 8.78 Å². The summed E-state index contributed by atoms with van der Waals surface area (Å²) in [6.07, 6.45) is 0. The number of hydrogen-bond donors (Lipinski definition) is 3. The van der Waals surface area contributed by atoms with Crippen LogP contribution in [0.2, 0.25) is 0 Å². The van der Waals surface area contributed by atoms with E-state index in [-0.39, 0.29) is 11.3 Å². The highest BCUT2D eigenvalue weighted by molar-refractivity contribution is 5.30. The molecule has 0 radical (unpaired) electrons. The number of phenols is 1. The Morgan fingerprint density at radius 3 is 2.57 bits per heavy atom. The van der Waals surface area contributed by atoms with E-state index < -0.39 is 18.6 Å². The molecule has 1 atom stereocenters. The van der Waals surface area contributed by atoms with Gasteiger partial charge in [-0.05, 0) is 17.7 Å². The molecule has 0 unspecified atom stereocenters. The van der Waals surface area contributed by atoms with Gasteiger partial charge in [0.05, 0.1) is 6.04 Å². The van der Waals surface area contributed by atoms with Gasteiger partial charge < -0.3 is 15.9 Å². The zero-order chi connectivity index (χ0) is 10.8. The zero-order valence-electron chi connectivity index (χ0n) is 7.32. The van der Waals surface area contributed by atoms with Crippen molar-refractivity contribution in [3.63, 3.8) is 0 Å². The van der Waals surface area contributed by atoms with E-state index in [1.807, 2.05) is 0 Å². The molecule has 1 rings (SSSR count). The number of alkyl halides is 2. The van der Waals surface area contributed by atoms with E-state index in [2.05, 4.69) is 0 Å². The molecular weight excluding hydrogens is 192 g/mol. The van der Waals surface area contributed by atoms with Gasteiger partial charge in [0.25, 0.3) is 5.92 Å². The van der Waals surface area contributed by atoms with E-state index in [0.717, 1.165) is 6.07 Å². The first kappa shape index (κ1) is 10.9. The van der Waals surface area contributed by atoms with Gasteiger partial charge in [0.2, 0.25) is 0 Å². The van der Waals surface area contributed by atoms with E-state index in [4.69, 9.17) is 15.9 Å². The van der Waals surface area contributed by atoms with Crippen LogP contribution in [-0.4, -0.2) is 22.7 Å². The van der Waals surface area contributed by atoms with Gasteiger partial charge in [0.15, 0.2) is 0 Å². The van der Waals surface area contributed by atoms with Crippen LogP contribution in [0.3, 0.4) is 0 Å². The topological polar surface area (TPSA) is 66.5 Å². The maximum Gasteiger partial charge on any atom is 0.289 e. The molecule has 0 spiro atoms. The van der Waals surface area contributed by atoms with Crippen molar-refractivity contribution in [2.45, 2.75) is 12.0 Å². The fourth-order valence-electron chi connectivity index (χ4n) is 1.06. The monoisotopic (exact) mass is 203 g/mol. The number of aliphatic hydroxyl groups excluding tert-OH is 1. The van der Waals surface area contributed by atoms with Crippen molar-refractivity contribution in [1.82, 2.24) is 0 Å². The van der Waals surface area contributed by atoms with Crippen molar-refractivity contribution in [1.29, 1.82) is 0 Å². The van der Waals surface area contributed by atoms with Crippen LogP contribution in [0, 0.1) is 0 Å². The minimum Gasteiger partial charge on any atom is -0.508 e. The summed E-state index contributed by atoms with van der Waals surface area (Å²) >= 11 is 0. The molecule has 78 valence electrons. The second kappa shape index (κ2) is 3.89. The standard InChI is InChI=1S/C9H11F2NO2/c10-9(11,5-13)8(12)6-2-1-3-7(14)4-6/h1-4,8,13-14H,5,12H2/t8-/m1/s1. The summed E-state index contributed by atoms with van der Waals surface area (Å²) in [5.74, 6) is -3.51. The molecule has 0 aliphatic heterocycles. The van der Waals surface area contributed by atoms with Crippen LogP contribution in [0.5, 0.6) is 5.75 Å². The number of rotatable bonds is 3. The van der Waals surface area contributed by atoms with Crippen molar-refractivity contribution >= 4 is 0 Å². The molecule has 3 nitrogen and oxygen atoms in total. The smallest absolute Gasteiger partial charge is 0.289 e. The Morgan fingerprint density at radius 2 is 2.07 bits per heavy atom. The Labute approximate surface area is 79.8 Å².